The summed E-state index contributed by atoms with van der Waals surface area (Å²) in [6, 6.07) is 0. The Labute approximate surface area is 60.0 Å². The summed E-state index contributed by atoms with van der Waals surface area (Å²) in [5.41, 5.74) is 0. The molecule has 0 aromatic heterocycles. The van der Waals surface area contributed by atoms with Crippen LogP contribution >= 0.6 is 0 Å². The molecule has 58 valence electrons. The Morgan fingerprint density at radius 2 is 2.50 bits per heavy atom. The van der Waals surface area contributed by atoms with E-state index in [1.807, 2.05) is 4.90 Å². The van der Waals surface area contributed by atoms with Crippen molar-refractivity contribution in [2.24, 2.45) is 0 Å². The van der Waals surface area contributed by atoms with Crippen molar-refractivity contribution in [1.82, 2.24) is 4.90 Å². The second-order valence-corrected chi connectivity index (χ2v) is 2.82. The minimum absolute atomic E-state index is 0.120. The Hall–Kier alpha value is -0.440. The highest BCUT2D eigenvalue weighted by atomic mass is 19.1. The van der Waals surface area contributed by atoms with Gasteiger partial charge in [-0.1, -0.05) is 0 Å². The van der Waals surface area contributed by atoms with Crippen LogP contribution in [0.4, 0.5) is 4.39 Å². The van der Waals surface area contributed by atoms with E-state index in [-0.39, 0.29) is 5.78 Å². The zero-order valence-corrected chi connectivity index (χ0v) is 6.14. The lowest BCUT2D eigenvalue weighted by atomic mass is 10.3. The smallest absolute Gasteiger partial charge is 0.143 e. The van der Waals surface area contributed by atoms with Gasteiger partial charge in [-0.2, -0.15) is 0 Å². The largest absolute Gasteiger partial charge is 0.299 e. The summed E-state index contributed by atoms with van der Waals surface area (Å²) in [7, 11) is 0. The second kappa shape index (κ2) is 3.10. The summed E-state index contributed by atoms with van der Waals surface area (Å²) in [6.45, 7) is 3.13. The van der Waals surface area contributed by atoms with Gasteiger partial charge in [0.05, 0.1) is 6.54 Å². The lowest BCUT2D eigenvalue weighted by Crippen LogP contribution is -2.26. The molecule has 0 aliphatic carbocycles. The van der Waals surface area contributed by atoms with Gasteiger partial charge in [-0.15, -0.1) is 0 Å². The molecule has 0 spiro atoms. The molecular formula is C7H12FNO. The SMILES string of the molecule is CC(=O)CN1CC[C@@H](F)C1. The van der Waals surface area contributed by atoms with E-state index in [2.05, 4.69) is 0 Å². The highest BCUT2D eigenvalue weighted by Crippen LogP contribution is 2.10. The van der Waals surface area contributed by atoms with Gasteiger partial charge in [-0.25, -0.2) is 4.39 Å². The summed E-state index contributed by atoms with van der Waals surface area (Å²) in [5, 5.41) is 0. The average molecular weight is 145 g/mol. The summed E-state index contributed by atoms with van der Waals surface area (Å²) >= 11 is 0. The fourth-order valence-electron chi connectivity index (χ4n) is 1.24. The quantitative estimate of drug-likeness (QED) is 0.567. The van der Waals surface area contributed by atoms with Gasteiger partial charge in [0.2, 0.25) is 0 Å². The fourth-order valence-corrected chi connectivity index (χ4v) is 1.24. The van der Waals surface area contributed by atoms with Crippen LogP contribution in [0.15, 0.2) is 0 Å². The van der Waals surface area contributed by atoms with Crippen LogP contribution in [0.2, 0.25) is 0 Å². The summed E-state index contributed by atoms with van der Waals surface area (Å²) < 4.78 is 12.5. The summed E-state index contributed by atoms with van der Waals surface area (Å²) in [5.74, 6) is 0.120. The minimum Gasteiger partial charge on any atom is -0.299 e. The Morgan fingerprint density at radius 1 is 1.80 bits per heavy atom. The number of Topliss-reactive ketones (excluding diaryl/α,β-unsaturated/α-hetero) is 1. The molecular weight excluding hydrogens is 133 g/mol. The number of hydrogen-bond acceptors (Lipinski definition) is 2. The maximum Gasteiger partial charge on any atom is 0.143 e. The van der Waals surface area contributed by atoms with Gasteiger partial charge in [0.15, 0.2) is 0 Å². The van der Waals surface area contributed by atoms with E-state index >= 15 is 0 Å². The van der Waals surface area contributed by atoms with Crippen molar-refractivity contribution in [2.75, 3.05) is 19.6 Å². The highest BCUT2D eigenvalue weighted by Gasteiger charge is 2.21. The Kier molecular flexibility index (Phi) is 2.38. The molecule has 1 saturated heterocycles. The predicted molar refractivity (Wildman–Crippen MR) is 36.6 cm³/mol. The molecule has 1 aliphatic heterocycles. The van der Waals surface area contributed by atoms with E-state index in [4.69, 9.17) is 0 Å². The van der Waals surface area contributed by atoms with Crippen molar-refractivity contribution in [2.45, 2.75) is 19.5 Å². The van der Waals surface area contributed by atoms with Crippen molar-refractivity contribution in [1.29, 1.82) is 0 Å². The molecule has 3 heteroatoms. The van der Waals surface area contributed by atoms with Gasteiger partial charge < -0.3 is 0 Å². The molecule has 1 fully saturated rings. The van der Waals surface area contributed by atoms with Gasteiger partial charge in [0.1, 0.15) is 12.0 Å². The molecule has 0 saturated carbocycles. The number of rotatable bonds is 2. The van der Waals surface area contributed by atoms with Gasteiger partial charge in [0, 0.05) is 13.1 Å². The van der Waals surface area contributed by atoms with Crippen LogP contribution in [-0.2, 0) is 4.79 Å². The molecule has 1 atom stereocenters. The molecule has 0 unspecified atom stereocenters. The maximum atomic E-state index is 12.5. The average Bonchev–Trinajstić information content (AvgIpc) is 2.13. The van der Waals surface area contributed by atoms with Gasteiger partial charge in [0.25, 0.3) is 0 Å². The normalized spacial score (nSPS) is 27.2. The molecule has 0 bridgehead atoms. The van der Waals surface area contributed by atoms with Gasteiger partial charge in [-0.3, -0.25) is 9.69 Å². The lowest BCUT2D eigenvalue weighted by Gasteiger charge is -2.10. The van der Waals surface area contributed by atoms with E-state index < -0.39 is 6.17 Å². The lowest BCUT2D eigenvalue weighted by molar-refractivity contribution is -0.117. The van der Waals surface area contributed by atoms with Gasteiger partial charge >= 0.3 is 0 Å². The molecule has 0 aromatic rings. The zero-order valence-electron chi connectivity index (χ0n) is 6.14. The van der Waals surface area contributed by atoms with E-state index in [0.29, 0.717) is 19.5 Å². The molecule has 0 amide bonds. The first-order valence-corrected chi connectivity index (χ1v) is 3.54. The van der Waals surface area contributed by atoms with Crippen LogP contribution in [0.5, 0.6) is 0 Å². The number of nitrogens with zero attached hydrogens (tertiary/aromatic N) is 1. The van der Waals surface area contributed by atoms with E-state index in [1.165, 1.54) is 6.92 Å². The molecule has 1 aliphatic rings. The monoisotopic (exact) mass is 145 g/mol. The van der Waals surface area contributed by atoms with E-state index in [9.17, 15) is 9.18 Å². The molecule has 1 heterocycles. The fraction of sp³-hybridized carbons (Fsp3) is 0.857. The molecule has 0 aromatic carbocycles. The number of carbonyl (C=O) groups excluding carboxylic acids is 1. The predicted octanol–water partition coefficient (Wildman–Crippen LogP) is 0.619. The Bertz CT molecular complexity index is 138. The summed E-state index contributed by atoms with van der Waals surface area (Å²) in [6.07, 6.45) is -0.118. The van der Waals surface area contributed by atoms with Crippen molar-refractivity contribution in [3.63, 3.8) is 0 Å². The van der Waals surface area contributed by atoms with Crippen molar-refractivity contribution < 1.29 is 9.18 Å². The molecule has 1 rings (SSSR count). The highest BCUT2D eigenvalue weighted by molar-refractivity contribution is 5.77. The van der Waals surface area contributed by atoms with Crippen LogP contribution in [0.3, 0.4) is 0 Å². The number of ketones is 1. The number of halogens is 1. The van der Waals surface area contributed by atoms with Crippen LogP contribution in [0, 0.1) is 0 Å². The number of alkyl halides is 1. The summed E-state index contributed by atoms with van der Waals surface area (Å²) in [4.78, 5) is 12.4. The molecule has 0 radical (unpaired) electrons. The third kappa shape index (κ3) is 2.06. The first-order chi connectivity index (χ1) is 4.68. The number of carbonyl (C=O) groups is 1. The first-order valence-electron chi connectivity index (χ1n) is 3.54. The molecule has 0 N–H and O–H groups in total. The number of hydrogen-bond donors (Lipinski definition) is 0. The standard InChI is InChI=1S/C7H12FNO/c1-6(10)4-9-3-2-7(8)5-9/h7H,2-5H2,1H3/t7-/m1/s1. The van der Waals surface area contributed by atoms with Crippen molar-refractivity contribution in [3.05, 3.63) is 0 Å². The Morgan fingerprint density at radius 3 is 2.90 bits per heavy atom. The number of likely N-dealkylation sites (tertiary alicyclic amines) is 1. The Balaban J connectivity index is 2.24. The van der Waals surface area contributed by atoms with Crippen LogP contribution in [0.1, 0.15) is 13.3 Å². The van der Waals surface area contributed by atoms with E-state index in [0.717, 1.165) is 6.54 Å². The third-order valence-electron chi connectivity index (χ3n) is 1.66. The minimum atomic E-state index is -0.709. The third-order valence-corrected chi connectivity index (χ3v) is 1.66. The van der Waals surface area contributed by atoms with Crippen LogP contribution < -0.4 is 0 Å². The first kappa shape index (κ1) is 7.66. The molecule has 10 heavy (non-hydrogen) atoms. The topological polar surface area (TPSA) is 20.3 Å². The van der Waals surface area contributed by atoms with Crippen LogP contribution in [0.25, 0.3) is 0 Å². The van der Waals surface area contributed by atoms with Gasteiger partial charge in [-0.05, 0) is 13.3 Å². The second-order valence-electron chi connectivity index (χ2n) is 2.82. The molecule has 2 nitrogen and oxygen atoms in total. The van der Waals surface area contributed by atoms with Crippen molar-refractivity contribution in [3.8, 4) is 0 Å². The van der Waals surface area contributed by atoms with Crippen molar-refractivity contribution >= 4 is 5.78 Å². The maximum absolute atomic E-state index is 12.5. The van der Waals surface area contributed by atoms with Crippen LogP contribution in [-0.4, -0.2) is 36.5 Å². The zero-order chi connectivity index (χ0) is 7.56. The van der Waals surface area contributed by atoms with E-state index in [1.54, 1.807) is 0 Å².